The molecule has 2 saturated heterocycles. The molecule has 8 nitrogen and oxygen atoms in total. The summed E-state index contributed by atoms with van der Waals surface area (Å²) in [5, 5.41) is 7.34. The van der Waals surface area contributed by atoms with Gasteiger partial charge in [0.15, 0.2) is 0 Å². The van der Waals surface area contributed by atoms with Crippen molar-refractivity contribution in [3.63, 3.8) is 0 Å². The van der Waals surface area contributed by atoms with Crippen molar-refractivity contribution < 1.29 is 9.59 Å². The molecule has 0 bridgehead atoms. The molecule has 0 aliphatic carbocycles. The predicted octanol–water partition coefficient (Wildman–Crippen LogP) is 1.97. The molecule has 0 unspecified atom stereocenters. The second kappa shape index (κ2) is 8.32. The SMILES string of the molecule is Nc1cc(N2CCN(C(=O)N[C@@H]3CCCCNC3=O)CC2)c2ccc(Cl)cc2n1. The first-order chi connectivity index (χ1) is 14.0. The quantitative estimate of drug-likeness (QED) is 0.694. The molecule has 4 rings (SSSR count). The van der Waals surface area contributed by atoms with Crippen molar-refractivity contribution in [3.05, 3.63) is 29.3 Å². The number of fused-ring (bicyclic) bond motifs is 1. The van der Waals surface area contributed by atoms with Crippen molar-refractivity contribution >= 4 is 45.9 Å². The summed E-state index contributed by atoms with van der Waals surface area (Å²) in [5.74, 6) is 0.348. The minimum absolute atomic E-state index is 0.0909. The lowest BCUT2D eigenvalue weighted by Gasteiger charge is -2.37. The summed E-state index contributed by atoms with van der Waals surface area (Å²) < 4.78 is 0. The molecule has 2 aromatic rings. The molecule has 3 heterocycles. The third kappa shape index (κ3) is 4.32. The number of carbonyl (C=O) groups is 2. The molecule has 4 N–H and O–H groups in total. The number of benzene rings is 1. The van der Waals surface area contributed by atoms with E-state index in [1.54, 1.807) is 11.0 Å². The highest BCUT2D eigenvalue weighted by Crippen LogP contribution is 2.30. The second-order valence-corrected chi connectivity index (χ2v) is 7.93. The number of urea groups is 1. The van der Waals surface area contributed by atoms with Crippen LogP contribution in [0.15, 0.2) is 24.3 Å². The zero-order valence-electron chi connectivity index (χ0n) is 16.2. The normalized spacial score (nSPS) is 20.3. The van der Waals surface area contributed by atoms with Crippen molar-refractivity contribution in [1.29, 1.82) is 0 Å². The summed E-state index contributed by atoms with van der Waals surface area (Å²) >= 11 is 6.09. The van der Waals surface area contributed by atoms with Gasteiger partial charge in [-0.15, -0.1) is 0 Å². The van der Waals surface area contributed by atoms with E-state index in [1.807, 2.05) is 18.2 Å². The van der Waals surface area contributed by atoms with Crippen molar-refractivity contribution in [1.82, 2.24) is 20.5 Å². The molecular formula is C20H25ClN6O2. The molecule has 0 spiro atoms. The molecule has 0 saturated carbocycles. The first-order valence-corrected chi connectivity index (χ1v) is 10.3. The lowest BCUT2D eigenvalue weighted by atomic mass is 10.1. The minimum Gasteiger partial charge on any atom is -0.384 e. The Morgan fingerprint density at radius 3 is 2.79 bits per heavy atom. The Hall–Kier alpha value is -2.74. The fraction of sp³-hybridized carbons (Fsp3) is 0.450. The maximum Gasteiger partial charge on any atom is 0.318 e. The van der Waals surface area contributed by atoms with Crippen molar-refractivity contribution in [3.8, 4) is 0 Å². The number of aromatic nitrogens is 1. The van der Waals surface area contributed by atoms with E-state index in [2.05, 4.69) is 20.5 Å². The monoisotopic (exact) mass is 416 g/mol. The van der Waals surface area contributed by atoms with E-state index in [9.17, 15) is 9.59 Å². The Kier molecular flexibility index (Phi) is 5.62. The van der Waals surface area contributed by atoms with Crippen LogP contribution in [0.3, 0.4) is 0 Å². The van der Waals surface area contributed by atoms with Crippen LogP contribution in [-0.4, -0.2) is 60.6 Å². The average Bonchev–Trinajstić information content (AvgIpc) is 2.91. The maximum atomic E-state index is 12.6. The van der Waals surface area contributed by atoms with Crippen LogP contribution in [0.2, 0.25) is 5.02 Å². The number of nitrogens with two attached hydrogens (primary N) is 1. The van der Waals surface area contributed by atoms with Gasteiger partial charge in [0.25, 0.3) is 0 Å². The summed E-state index contributed by atoms with van der Waals surface area (Å²) in [6, 6.07) is 6.82. The molecule has 2 aliphatic heterocycles. The molecule has 1 aromatic heterocycles. The van der Waals surface area contributed by atoms with Crippen LogP contribution in [0.4, 0.5) is 16.3 Å². The van der Waals surface area contributed by atoms with E-state index in [4.69, 9.17) is 17.3 Å². The van der Waals surface area contributed by atoms with E-state index in [0.29, 0.717) is 50.0 Å². The minimum atomic E-state index is -0.447. The summed E-state index contributed by atoms with van der Waals surface area (Å²) in [6.07, 6.45) is 2.56. The number of nitrogens with zero attached hydrogens (tertiary/aromatic N) is 3. The number of hydrogen-bond donors (Lipinski definition) is 3. The molecule has 3 amide bonds. The van der Waals surface area contributed by atoms with Crippen molar-refractivity contribution in [2.75, 3.05) is 43.4 Å². The lowest BCUT2D eigenvalue weighted by Crippen LogP contribution is -2.55. The van der Waals surface area contributed by atoms with Gasteiger partial charge in [-0.2, -0.15) is 0 Å². The number of nitrogen functional groups attached to an aromatic ring is 1. The number of nitrogens with one attached hydrogen (secondary N) is 2. The zero-order chi connectivity index (χ0) is 20.4. The maximum absolute atomic E-state index is 12.6. The van der Waals surface area contributed by atoms with E-state index >= 15 is 0 Å². The van der Waals surface area contributed by atoms with Gasteiger partial charge in [0, 0.05) is 54.9 Å². The molecule has 0 radical (unpaired) electrons. The zero-order valence-corrected chi connectivity index (χ0v) is 16.9. The number of amides is 3. The Morgan fingerprint density at radius 2 is 2.00 bits per heavy atom. The highest BCUT2D eigenvalue weighted by Gasteiger charge is 2.27. The van der Waals surface area contributed by atoms with E-state index in [0.717, 1.165) is 29.4 Å². The number of pyridine rings is 1. The molecule has 1 aromatic carbocycles. The van der Waals surface area contributed by atoms with Gasteiger partial charge >= 0.3 is 6.03 Å². The molecule has 9 heteroatoms. The molecule has 2 fully saturated rings. The van der Waals surface area contributed by atoms with Gasteiger partial charge < -0.3 is 26.2 Å². The lowest BCUT2D eigenvalue weighted by molar-refractivity contribution is -0.122. The third-order valence-corrected chi connectivity index (χ3v) is 5.75. The number of halogens is 1. The fourth-order valence-electron chi connectivity index (χ4n) is 3.93. The van der Waals surface area contributed by atoms with Gasteiger partial charge in [0.05, 0.1) is 5.52 Å². The smallest absolute Gasteiger partial charge is 0.318 e. The van der Waals surface area contributed by atoms with Gasteiger partial charge in [0.1, 0.15) is 11.9 Å². The first kappa shape index (κ1) is 19.6. The van der Waals surface area contributed by atoms with E-state index < -0.39 is 6.04 Å². The fourth-order valence-corrected chi connectivity index (χ4v) is 4.10. The number of carbonyl (C=O) groups excluding carboxylic acids is 2. The largest absolute Gasteiger partial charge is 0.384 e. The Morgan fingerprint density at radius 1 is 1.21 bits per heavy atom. The van der Waals surface area contributed by atoms with Crippen molar-refractivity contribution in [2.45, 2.75) is 25.3 Å². The summed E-state index contributed by atoms with van der Waals surface area (Å²) in [4.78, 5) is 33.0. The van der Waals surface area contributed by atoms with E-state index in [1.165, 1.54) is 0 Å². The van der Waals surface area contributed by atoms with Gasteiger partial charge in [-0.3, -0.25) is 4.79 Å². The molecule has 154 valence electrons. The number of anilines is 2. The highest BCUT2D eigenvalue weighted by molar-refractivity contribution is 6.31. The van der Waals surface area contributed by atoms with Gasteiger partial charge in [-0.1, -0.05) is 11.6 Å². The number of piperazine rings is 1. The van der Waals surface area contributed by atoms with Crippen LogP contribution in [0.25, 0.3) is 10.9 Å². The topological polar surface area (TPSA) is 104 Å². The van der Waals surface area contributed by atoms with Crippen LogP contribution in [0, 0.1) is 0 Å². The Bertz CT molecular complexity index is 923. The summed E-state index contributed by atoms with van der Waals surface area (Å²) in [6.45, 7) is 3.16. The molecule has 1 atom stereocenters. The van der Waals surface area contributed by atoms with Crippen LogP contribution >= 0.6 is 11.6 Å². The molecule has 2 aliphatic rings. The Balaban J connectivity index is 1.42. The van der Waals surface area contributed by atoms with Crippen molar-refractivity contribution in [2.24, 2.45) is 0 Å². The number of rotatable bonds is 2. The van der Waals surface area contributed by atoms with E-state index in [-0.39, 0.29) is 11.9 Å². The third-order valence-electron chi connectivity index (χ3n) is 5.51. The summed E-state index contributed by atoms with van der Waals surface area (Å²) in [7, 11) is 0. The van der Waals surface area contributed by atoms with Gasteiger partial charge in [-0.05, 0) is 37.5 Å². The highest BCUT2D eigenvalue weighted by atomic mass is 35.5. The molecule has 29 heavy (non-hydrogen) atoms. The van der Waals surface area contributed by atoms with Gasteiger partial charge in [0.2, 0.25) is 5.91 Å². The van der Waals surface area contributed by atoms with Gasteiger partial charge in [-0.25, -0.2) is 9.78 Å². The van der Waals surface area contributed by atoms with Crippen LogP contribution in [0.5, 0.6) is 0 Å². The molecular weight excluding hydrogens is 392 g/mol. The second-order valence-electron chi connectivity index (χ2n) is 7.49. The predicted molar refractivity (Wildman–Crippen MR) is 114 cm³/mol. The Labute approximate surface area is 174 Å². The van der Waals surface area contributed by atoms with Crippen LogP contribution in [0.1, 0.15) is 19.3 Å². The van der Waals surface area contributed by atoms with Crippen LogP contribution in [-0.2, 0) is 4.79 Å². The first-order valence-electron chi connectivity index (χ1n) is 9.95. The average molecular weight is 417 g/mol. The van der Waals surface area contributed by atoms with Crippen LogP contribution < -0.4 is 21.3 Å². The summed E-state index contributed by atoms with van der Waals surface area (Å²) in [5.41, 5.74) is 7.74. The number of hydrogen-bond acceptors (Lipinski definition) is 5. The standard InChI is InChI=1S/C20H25ClN6O2/c21-13-4-5-14-16(11-13)24-18(22)12-17(14)26-7-9-27(10-8-26)20(29)25-15-3-1-2-6-23-19(15)28/h4-5,11-12,15H,1-3,6-10H2,(H2,22,24)(H,23,28)(H,25,29)/t15-/m1/s1.